The van der Waals surface area contributed by atoms with E-state index in [-0.39, 0.29) is 25.1 Å². The second-order valence-corrected chi connectivity index (χ2v) is 14.1. The highest BCUT2D eigenvalue weighted by molar-refractivity contribution is 14.1. The van der Waals surface area contributed by atoms with Crippen LogP contribution < -0.4 is 33.8 Å². The number of esters is 1. The molecule has 2 aliphatic heterocycles. The minimum atomic E-state index is -0.764. The predicted octanol–water partition coefficient (Wildman–Crippen LogP) is 6.10. The highest BCUT2D eigenvalue weighted by Gasteiger charge is 2.35. The zero-order valence-corrected chi connectivity index (χ0v) is 30.6. The van der Waals surface area contributed by atoms with E-state index in [0.29, 0.717) is 44.3 Å². The van der Waals surface area contributed by atoms with Crippen molar-refractivity contribution in [1.82, 2.24) is 4.57 Å². The summed E-state index contributed by atoms with van der Waals surface area (Å²) >= 11 is 5.78. The van der Waals surface area contributed by atoms with E-state index in [1.165, 1.54) is 11.3 Å². The molecule has 0 N–H and O–H groups in total. The Kier molecular flexibility index (Phi) is 9.75. The number of hydrogen-bond donors (Lipinski definition) is 0. The average molecular weight is 864 g/mol. The Morgan fingerprint density at radius 2 is 1.85 bits per heavy atom. The molecule has 0 aliphatic carbocycles. The molecule has 0 saturated carbocycles. The van der Waals surface area contributed by atoms with Gasteiger partial charge >= 0.3 is 5.97 Å². The first-order chi connectivity index (χ1) is 22.1. The lowest BCUT2D eigenvalue weighted by molar-refractivity contribution is -0.139. The maximum Gasteiger partial charge on any atom is 0.338 e. The van der Waals surface area contributed by atoms with Crippen LogP contribution in [0, 0.1) is 7.14 Å². The molecular weight excluding hydrogens is 834 g/mol. The zero-order valence-electron chi connectivity index (χ0n) is 25.5. The molecule has 0 spiro atoms. The Hall–Kier alpha value is -3.37. The van der Waals surface area contributed by atoms with Crippen molar-refractivity contribution < 1.29 is 28.5 Å². The lowest BCUT2D eigenvalue weighted by Gasteiger charge is -2.26. The minimum Gasteiger partial charge on any atom is -0.491 e. The first-order valence-electron chi connectivity index (χ1n) is 14.6. The number of fused-ring (bicyclic) bond motifs is 2. The van der Waals surface area contributed by atoms with Gasteiger partial charge in [0.1, 0.15) is 24.1 Å². The number of carbonyl (C=O) groups is 1. The van der Waals surface area contributed by atoms with Crippen molar-refractivity contribution in [3.05, 3.63) is 109 Å². The quantitative estimate of drug-likeness (QED) is 0.148. The third-order valence-corrected chi connectivity index (χ3v) is 9.82. The van der Waals surface area contributed by atoms with Crippen LogP contribution in [0.1, 0.15) is 50.4 Å². The molecule has 0 unspecified atom stereocenters. The standard InChI is InChI=1S/C34H30I2N2O7S/c1-5-41-33(40)29-19(4)37-34-38(30(29)22-8-6-7-9-25(22)45-18(2)3)32(39)28(46-34)15-21-12-23(35)31(24(36)13-21)42-16-20-10-11-26-27(14-20)44-17-43-26/h6-15,18,30H,5,16-17H2,1-4H3/b28-15+/t30-/m1/s1. The van der Waals surface area contributed by atoms with Crippen molar-refractivity contribution in [3.8, 4) is 23.0 Å². The van der Waals surface area contributed by atoms with E-state index < -0.39 is 12.0 Å². The summed E-state index contributed by atoms with van der Waals surface area (Å²) in [5.74, 6) is 2.28. The van der Waals surface area contributed by atoms with E-state index in [9.17, 15) is 9.59 Å². The highest BCUT2D eigenvalue weighted by atomic mass is 127. The van der Waals surface area contributed by atoms with E-state index in [1.54, 1.807) is 18.4 Å². The monoisotopic (exact) mass is 864 g/mol. The fourth-order valence-electron chi connectivity index (χ4n) is 5.29. The van der Waals surface area contributed by atoms with E-state index in [4.69, 9.17) is 28.7 Å². The summed E-state index contributed by atoms with van der Waals surface area (Å²) in [5, 5.41) is 0. The summed E-state index contributed by atoms with van der Waals surface area (Å²) in [6.45, 7) is 8.19. The van der Waals surface area contributed by atoms with Gasteiger partial charge in [-0.25, -0.2) is 9.79 Å². The molecule has 0 fully saturated rings. The molecule has 1 atom stereocenters. The number of rotatable bonds is 9. The second kappa shape index (κ2) is 13.8. The molecule has 3 heterocycles. The van der Waals surface area contributed by atoms with Crippen LogP contribution in [0.5, 0.6) is 23.0 Å². The van der Waals surface area contributed by atoms with E-state index in [0.717, 1.165) is 29.8 Å². The van der Waals surface area contributed by atoms with Crippen LogP contribution in [0.3, 0.4) is 0 Å². The van der Waals surface area contributed by atoms with Crippen LogP contribution in [0.15, 0.2) is 75.7 Å². The molecule has 0 saturated heterocycles. The fraction of sp³-hybridized carbons (Fsp3) is 0.265. The maximum absolute atomic E-state index is 14.2. The Labute approximate surface area is 296 Å². The number of thiazole rings is 1. The number of aromatic nitrogens is 1. The number of halogens is 2. The van der Waals surface area contributed by atoms with Crippen molar-refractivity contribution in [3.63, 3.8) is 0 Å². The van der Waals surface area contributed by atoms with Crippen molar-refractivity contribution in [2.24, 2.45) is 4.99 Å². The Balaban J connectivity index is 1.38. The van der Waals surface area contributed by atoms with Gasteiger partial charge in [-0.05, 0) is 120 Å². The van der Waals surface area contributed by atoms with E-state index in [1.807, 2.05) is 74.5 Å². The van der Waals surface area contributed by atoms with Crippen LogP contribution in [0.4, 0.5) is 0 Å². The van der Waals surface area contributed by atoms with Crippen LogP contribution in [0.2, 0.25) is 0 Å². The van der Waals surface area contributed by atoms with Gasteiger partial charge in [0.25, 0.3) is 5.56 Å². The molecule has 4 aromatic rings. The predicted molar refractivity (Wildman–Crippen MR) is 191 cm³/mol. The van der Waals surface area contributed by atoms with Crippen molar-refractivity contribution in [1.29, 1.82) is 0 Å². The van der Waals surface area contributed by atoms with Crippen LogP contribution in [-0.2, 0) is 16.1 Å². The number of benzene rings is 3. The summed E-state index contributed by atoms with van der Waals surface area (Å²) < 4.78 is 32.6. The summed E-state index contributed by atoms with van der Waals surface area (Å²) in [5.41, 5.74) is 3.06. The van der Waals surface area contributed by atoms with Crippen molar-refractivity contribution in [2.45, 2.75) is 46.4 Å². The molecule has 46 heavy (non-hydrogen) atoms. The number of nitrogens with zero attached hydrogens (tertiary/aromatic N) is 2. The van der Waals surface area contributed by atoms with Gasteiger partial charge in [0.2, 0.25) is 6.79 Å². The Morgan fingerprint density at radius 3 is 2.59 bits per heavy atom. The van der Waals surface area contributed by atoms with Crippen molar-refractivity contribution in [2.75, 3.05) is 13.4 Å². The topological polar surface area (TPSA) is 97.6 Å². The minimum absolute atomic E-state index is 0.109. The van der Waals surface area contributed by atoms with Gasteiger partial charge < -0.3 is 23.7 Å². The smallest absolute Gasteiger partial charge is 0.338 e. The number of para-hydroxylation sites is 1. The number of carbonyl (C=O) groups excluding carboxylic acids is 1. The van der Waals surface area contributed by atoms with Crippen LogP contribution in [0.25, 0.3) is 6.08 Å². The summed E-state index contributed by atoms with van der Waals surface area (Å²) in [4.78, 5) is 32.7. The van der Waals surface area contributed by atoms with Gasteiger partial charge in [-0.15, -0.1) is 0 Å². The SMILES string of the molecule is CCOC(=O)C1=C(C)N=c2s/c(=C/c3cc(I)c(OCc4ccc5c(c4)OCO5)c(I)c3)c(=O)n2[C@@H]1c1ccccc1OC(C)C. The third-order valence-electron chi connectivity index (χ3n) is 7.23. The van der Waals surface area contributed by atoms with E-state index in [2.05, 4.69) is 45.2 Å². The molecule has 12 heteroatoms. The molecule has 2 aliphatic rings. The van der Waals surface area contributed by atoms with Gasteiger partial charge in [0.05, 0.1) is 35.7 Å². The molecule has 3 aromatic carbocycles. The first kappa shape index (κ1) is 32.6. The molecule has 0 bridgehead atoms. The van der Waals surface area contributed by atoms with Gasteiger partial charge in [0.15, 0.2) is 16.3 Å². The average Bonchev–Trinajstić information content (AvgIpc) is 3.59. The molecule has 1 aromatic heterocycles. The fourth-order valence-corrected chi connectivity index (χ4v) is 8.47. The lowest BCUT2D eigenvalue weighted by Crippen LogP contribution is -2.40. The summed E-state index contributed by atoms with van der Waals surface area (Å²) in [7, 11) is 0. The highest BCUT2D eigenvalue weighted by Crippen LogP contribution is 2.37. The van der Waals surface area contributed by atoms with Gasteiger partial charge in [-0.1, -0.05) is 35.6 Å². The van der Waals surface area contributed by atoms with Crippen molar-refractivity contribution >= 4 is 68.6 Å². The van der Waals surface area contributed by atoms with Gasteiger partial charge in [0, 0.05) is 5.56 Å². The Morgan fingerprint density at radius 1 is 1.11 bits per heavy atom. The molecule has 0 amide bonds. The molecule has 9 nitrogen and oxygen atoms in total. The molecular formula is C34H30I2N2O7S. The first-order valence-corrected chi connectivity index (χ1v) is 17.6. The summed E-state index contributed by atoms with van der Waals surface area (Å²) in [6.07, 6.45) is 1.74. The molecule has 238 valence electrons. The van der Waals surface area contributed by atoms with Crippen LogP contribution >= 0.6 is 56.5 Å². The lowest BCUT2D eigenvalue weighted by atomic mass is 9.95. The normalized spacial score (nSPS) is 15.5. The molecule has 0 radical (unpaired) electrons. The van der Waals surface area contributed by atoms with E-state index >= 15 is 0 Å². The maximum atomic E-state index is 14.2. The third kappa shape index (κ3) is 6.56. The van der Waals surface area contributed by atoms with Crippen LogP contribution in [-0.4, -0.2) is 30.0 Å². The zero-order chi connectivity index (χ0) is 32.5. The largest absolute Gasteiger partial charge is 0.491 e. The van der Waals surface area contributed by atoms with Gasteiger partial charge in [-0.2, -0.15) is 0 Å². The summed E-state index contributed by atoms with van der Waals surface area (Å²) in [6, 6.07) is 16.4. The number of hydrogen-bond acceptors (Lipinski definition) is 9. The molecule has 6 rings (SSSR count). The van der Waals surface area contributed by atoms with Gasteiger partial charge in [-0.3, -0.25) is 9.36 Å². The Bertz CT molecular complexity index is 2030. The number of allylic oxidation sites excluding steroid dienone is 1. The second-order valence-electron chi connectivity index (χ2n) is 10.8. The number of ether oxygens (including phenoxy) is 5.